The summed E-state index contributed by atoms with van der Waals surface area (Å²) < 4.78 is 1.85. The van der Waals surface area contributed by atoms with Crippen LogP contribution in [0.3, 0.4) is 0 Å². The summed E-state index contributed by atoms with van der Waals surface area (Å²) in [6.07, 6.45) is 3.56. The maximum atomic E-state index is 10.3. The molecule has 96 valence electrons. The molecule has 0 aliphatic carbocycles. The molecule has 0 bridgehead atoms. The molecule has 4 nitrogen and oxygen atoms in total. The molecule has 1 N–H and O–H groups in total. The predicted octanol–water partition coefficient (Wildman–Crippen LogP) is 2.02. The summed E-state index contributed by atoms with van der Waals surface area (Å²) >= 11 is 0. The van der Waals surface area contributed by atoms with Crippen LogP contribution in [0.25, 0.3) is 0 Å². The van der Waals surface area contributed by atoms with Gasteiger partial charge in [-0.3, -0.25) is 9.67 Å². The average Bonchev–Trinajstić information content (AvgIpc) is 2.56. The van der Waals surface area contributed by atoms with Crippen LogP contribution in [-0.2, 0) is 13.5 Å². The second-order valence-electron chi connectivity index (χ2n) is 4.79. The number of nitrogens with zero attached hydrogens (tertiary/aromatic N) is 3. The molecular weight excluding hydrogens is 226 g/mol. The summed E-state index contributed by atoms with van der Waals surface area (Å²) in [4.78, 5) is 4.12. The number of aromatic nitrogens is 3. The van der Waals surface area contributed by atoms with E-state index in [1.54, 1.807) is 12.4 Å². The molecule has 2 aromatic rings. The van der Waals surface area contributed by atoms with Crippen LogP contribution < -0.4 is 0 Å². The molecule has 0 aliphatic heterocycles. The highest BCUT2D eigenvalue weighted by Gasteiger charge is 2.15. The summed E-state index contributed by atoms with van der Waals surface area (Å²) in [6.45, 7) is 5.98. The number of aliphatic hydroxyl groups excluding tert-OH is 1. The Labute approximate surface area is 107 Å². The largest absolute Gasteiger partial charge is 0.388 e. The monoisotopic (exact) mass is 245 g/mol. The molecule has 2 aromatic heterocycles. The zero-order chi connectivity index (χ0) is 13.3. The Morgan fingerprint density at radius 3 is 2.56 bits per heavy atom. The topological polar surface area (TPSA) is 50.9 Å². The Morgan fingerprint density at radius 2 is 2.00 bits per heavy atom. The van der Waals surface area contributed by atoms with Crippen molar-refractivity contribution < 1.29 is 5.11 Å². The SMILES string of the molecule is Cc1cncc(C(O)Cc2c(C)nn(C)c2C)c1. The van der Waals surface area contributed by atoms with Gasteiger partial charge in [0.1, 0.15) is 0 Å². The Bertz CT molecular complexity index is 560. The van der Waals surface area contributed by atoms with E-state index in [2.05, 4.69) is 10.1 Å². The van der Waals surface area contributed by atoms with Gasteiger partial charge in [0.2, 0.25) is 0 Å². The van der Waals surface area contributed by atoms with Crippen LogP contribution in [0.1, 0.15) is 34.2 Å². The van der Waals surface area contributed by atoms with E-state index >= 15 is 0 Å². The first-order valence-corrected chi connectivity index (χ1v) is 6.07. The maximum Gasteiger partial charge on any atom is 0.0846 e. The number of hydrogen-bond donors (Lipinski definition) is 1. The van der Waals surface area contributed by atoms with Crippen molar-refractivity contribution >= 4 is 0 Å². The van der Waals surface area contributed by atoms with Crippen LogP contribution in [0.5, 0.6) is 0 Å². The van der Waals surface area contributed by atoms with E-state index in [1.165, 1.54) is 0 Å². The van der Waals surface area contributed by atoms with E-state index in [9.17, 15) is 5.11 Å². The van der Waals surface area contributed by atoms with Crippen molar-refractivity contribution in [3.8, 4) is 0 Å². The Balaban J connectivity index is 2.24. The lowest BCUT2D eigenvalue weighted by Gasteiger charge is -2.11. The van der Waals surface area contributed by atoms with Gasteiger partial charge >= 0.3 is 0 Å². The third-order valence-corrected chi connectivity index (χ3v) is 3.34. The normalized spacial score (nSPS) is 12.7. The lowest BCUT2D eigenvalue weighted by atomic mass is 10.0. The van der Waals surface area contributed by atoms with Gasteiger partial charge in [0.25, 0.3) is 0 Å². The fourth-order valence-electron chi connectivity index (χ4n) is 2.18. The number of pyridine rings is 1. The lowest BCUT2D eigenvalue weighted by Crippen LogP contribution is -2.04. The fourth-order valence-corrected chi connectivity index (χ4v) is 2.18. The van der Waals surface area contributed by atoms with Crippen molar-refractivity contribution in [2.75, 3.05) is 0 Å². The molecule has 4 heteroatoms. The molecular formula is C14H19N3O. The van der Waals surface area contributed by atoms with Crippen molar-refractivity contribution in [2.45, 2.75) is 33.3 Å². The molecule has 1 unspecified atom stereocenters. The van der Waals surface area contributed by atoms with Gasteiger partial charge in [0, 0.05) is 31.6 Å². The zero-order valence-electron chi connectivity index (χ0n) is 11.3. The highest BCUT2D eigenvalue weighted by molar-refractivity contribution is 5.28. The molecule has 0 aromatic carbocycles. The Hall–Kier alpha value is -1.68. The second kappa shape index (κ2) is 4.90. The third kappa shape index (κ3) is 2.43. The van der Waals surface area contributed by atoms with Crippen LogP contribution in [0.4, 0.5) is 0 Å². The van der Waals surface area contributed by atoms with Crippen LogP contribution >= 0.6 is 0 Å². The van der Waals surface area contributed by atoms with E-state index in [-0.39, 0.29) is 0 Å². The first-order chi connectivity index (χ1) is 8.49. The Morgan fingerprint density at radius 1 is 1.28 bits per heavy atom. The van der Waals surface area contributed by atoms with Crippen molar-refractivity contribution in [1.82, 2.24) is 14.8 Å². The smallest absolute Gasteiger partial charge is 0.0846 e. The minimum atomic E-state index is -0.529. The van der Waals surface area contributed by atoms with Crippen LogP contribution in [0.15, 0.2) is 18.5 Å². The molecule has 2 heterocycles. The lowest BCUT2D eigenvalue weighted by molar-refractivity contribution is 0.177. The fraction of sp³-hybridized carbons (Fsp3) is 0.429. The number of aliphatic hydroxyl groups is 1. The summed E-state index contributed by atoms with van der Waals surface area (Å²) in [6, 6.07) is 1.97. The molecule has 0 saturated heterocycles. The number of aryl methyl sites for hydroxylation is 3. The van der Waals surface area contributed by atoms with Crippen LogP contribution in [-0.4, -0.2) is 19.9 Å². The van der Waals surface area contributed by atoms with Crippen molar-refractivity contribution in [1.29, 1.82) is 0 Å². The first-order valence-electron chi connectivity index (χ1n) is 6.07. The van der Waals surface area contributed by atoms with Gasteiger partial charge in [-0.2, -0.15) is 5.10 Å². The van der Waals surface area contributed by atoms with E-state index in [4.69, 9.17) is 0 Å². The summed E-state index contributed by atoms with van der Waals surface area (Å²) in [7, 11) is 1.92. The summed E-state index contributed by atoms with van der Waals surface area (Å²) in [5.74, 6) is 0. The quantitative estimate of drug-likeness (QED) is 0.900. The minimum Gasteiger partial charge on any atom is -0.388 e. The molecule has 1 atom stereocenters. The van der Waals surface area contributed by atoms with E-state index in [1.807, 2.05) is 38.6 Å². The molecule has 0 fully saturated rings. The highest BCUT2D eigenvalue weighted by atomic mass is 16.3. The average molecular weight is 245 g/mol. The van der Waals surface area contributed by atoms with Crippen LogP contribution in [0, 0.1) is 20.8 Å². The molecule has 0 aliphatic rings. The van der Waals surface area contributed by atoms with Crippen molar-refractivity contribution in [3.63, 3.8) is 0 Å². The van der Waals surface area contributed by atoms with Crippen molar-refractivity contribution in [3.05, 3.63) is 46.5 Å². The summed E-state index contributed by atoms with van der Waals surface area (Å²) in [5.41, 5.74) is 5.12. The summed E-state index contributed by atoms with van der Waals surface area (Å²) in [5, 5.41) is 14.6. The van der Waals surface area contributed by atoms with Gasteiger partial charge in [0.15, 0.2) is 0 Å². The number of hydrogen-bond acceptors (Lipinski definition) is 3. The molecule has 0 saturated carbocycles. The second-order valence-corrected chi connectivity index (χ2v) is 4.79. The van der Waals surface area contributed by atoms with Gasteiger partial charge in [-0.1, -0.05) is 6.07 Å². The molecule has 18 heavy (non-hydrogen) atoms. The van der Waals surface area contributed by atoms with E-state index < -0.39 is 6.10 Å². The molecule has 0 spiro atoms. The highest BCUT2D eigenvalue weighted by Crippen LogP contribution is 2.22. The number of rotatable bonds is 3. The van der Waals surface area contributed by atoms with E-state index in [0.717, 1.165) is 28.1 Å². The Kier molecular flexibility index (Phi) is 3.48. The first kappa shape index (κ1) is 12.8. The van der Waals surface area contributed by atoms with E-state index in [0.29, 0.717) is 6.42 Å². The van der Waals surface area contributed by atoms with Crippen molar-refractivity contribution in [2.24, 2.45) is 7.05 Å². The van der Waals surface area contributed by atoms with Gasteiger partial charge in [-0.05, 0) is 37.5 Å². The maximum absolute atomic E-state index is 10.3. The van der Waals surface area contributed by atoms with Gasteiger partial charge in [-0.25, -0.2) is 0 Å². The predicted molar refractivity (Wildman–Crippen MR) is 70.3 cm³/mol. The zero-order valence-corrected chi connectivity index (χ0v) is 11.3. The minimum absolute atomic E-state index is 0.529. The van der Waals surface area contributed by atoms with Crippen LogP contribution in [0.2, 0.25) is 0 Å². The molecule has 2 rings (SSSR count). The molecule has 0 amide bonds. The third-order valence-electron chi connectivity index (χ3n) is 3.34. The van der Waals surface area contributed by atoms with Gasteiger partial charge in [0.05, 0.1) is 11.8 Å². The molecule has 0 radical (unpaired) electrons. The standard InChI is InChI=1S/C14H19N3O/c1-9-5-12(8-15-7-9)14(18)6-13-10(2)16-17(4)11(13)3/h5,7-8,14,18H,6H2,1-4H3. The van der Waals surface area contributed by atoms with Gasteiger partial charge in [-0.15, -0.1) is 0 Å². The van der Waals surface area contributed by atoms with Gasteiger partial charge < -0.3 is 5.11 Å².